The van der Waals surface area contributed by atoms with E-state index in [-0.39, 0.29) is 12.5 Å². The number of amides is 1. The fourth-order valence-electron chi connectivity index (χ4n) is 2.07. The molecule has 1 saturated carbocycles. The summed E-state index contributed by atoms with van der Waals surface area (Å²) in [5.74, 6) is 1.38. The van der Waals surface area contributed by atoms with Crippen LogP contribution in [0, 0.1) is 0 Å². The number of nitrogens with one attached hydrogen (secondary N) is 1. The number of carbonyl (C=O) groups is 1. The van der Waals surface area contributed by atoms with Gasteiger partial charge in [0.2, 0.25) is 5.89 Å². The smallest absolute Gasteiger partial charge is 0.255 e. The molecule has 0 radical (unpaired) electrons. The average molecular weight is 287 g/mol. The van der Waals surface area contributed by atoms with E-state index in [0.29, 0.717) is 23.2 Å². The third kappa shape index (κ3) is 3.24. The van der Waals surface area contributed by atoms with E-state index in [1.807, 2.05) is 6.92 Å². The van der Waals surface area contributed by atoms with Crippen molar-refractivity contribution in [2.24, 2.45) is 0 Å². The summed E-state index contributed by atoms with van der Waals surface area (Å²) >= 11 is 0. The van der Waals surface area contributed by atoms with Gasteiger partial charge in [-0.2, -0.15) is 4.98 Å². The molecule has 7 heteroatoms. The van der Waals surface area contributed by atoms with Gasteiger partial charge < -0.3 is 9.84 Å². The molecule has 1 N–H and O–H groups in total. The van der Waals surface area contributed by atoms with Crippen molar-refractivity contribution in [3.05, 3.63) is 35.5 Å². The molecule has 3 rings (SSSR count). The van der Waals surface area contributed by atoms with E-state index in [0.717, 1.165) is 31.4 Å². The molecule has 110 valence electrons. The maximum absolute atomic E-state index is 12.2. The summed E-state index contributed by atoms with van der Waals surface area (Å²) in [5.41, 5.74) is 1.27. The Labute approximate surface area is 122 Å². The van der Waals surface area contributed by atoms with E-state index < -0.39 is 0 Å². The third-order valence-electron chi connectivity index (χ3n) is 3.34. The van der Waals surface area contributed by atoms with Gasteiger partial charge in [-0.25, -0.2) is 9.97 Å². The summed E-state index contributed by atoms with van der Waals surface area (Å²) in [5, 5.41) is 6.65. The molecule has 2 heterocycles. The van der Waals surface area contributed by atoms with Crippen LogP contribution in [0.15, 0.2) is 17.0 Å². The monoisotopic (exact) mass is 287 g/mol. The second kappa shape index (κ2) is 5.99. The standard InChI is InChI=1S/C14H17N5O2/c1-2-3-11-10(6-15-8-17-11)13(20)16-7-12-18-14(21-19-12)9-4-5-9/h6,8-9H,2-5,7H2,1H3,(H,16,20). The first-order valence-corrected chi connectivity index (χ1v) is 7.17. The van der Waals surface area contributed by atoms with Gasteiger partial charge in [-0.3, -0.25) is 4.79 Å². The lowest BCUT2D eigenvalue weighted by atomic mass is 10.1. The molecule has 1 amide bonds. The molecule has 0 atom stereocenters. The number of rotatable bonds is 6. The van der Waals surface area contributed by atoms with E-state index in [9.17, 15) is 4.79 Å². The number of nitrogens with zero attached hydrogens (tertiary/aromatic N) is 4. The Morgan fingerprint density at radius 2 is 2.33 bits per heavy atom. The normalized spacial score (nSPS) is 14.1. The zero-order chi connectivity index (χ0) is 14.7. The third-order valence-corrected chi connectivity index (χ3v) is 3.34. The average Bonchev–Trinajstić information content (AvgIpc) is 3.25. The van der Waals surface area contributed by atoms with Crippen molar-refractivity contribution in [3.63, 3.8) is 0 Å². The molecular formula is C14H17N5O2. The van der Waals surface area contributed by atoms with Crippen molar-refractivity contribution in [1.29, 1.82) is 0 Å². The van der Waals surface area contributed by atoms with Gasteiger partial charge in [-0.15, -0.1) is 0 Å². The van der Waals surface area contributed by atoms with Crippen LogP contribution in [0.2, 0.25) is 0 Å². The number of hydrogen-bond acceptors (Lipinski definition) is 6. The topological polar surface area (TPSA) is 93.8 Å². The molecule has 1 aliphatic rings. The molecule has 0 bridgehead atoms. The molecule has 1 fully saturated rings. The lowest BCUT2D eigenvalue weighted by Crippen LogP contribution is -2.25. The minimum atomic E-state index is -0.211. The van der Waals surface area contributed by atoms with Gasteiger partial charge in [0, 0.05) is 12.1 Å². The number of aryl methyl sites for hydroxylation is 1. The molecule has 7 nitrogen and oxygen atoms in total. The Balaban J connectivity index is 1.62. The minimum Gasteiger partial charge on any atom is -0.344 e. The van der Waals surface area contributed by atoms with Crippen LogP contribution in [0.5, 0.6) is 0 Å². The van der Waals surface area contributed by atoms with Crippen LogP contribution in [0.1, 0.15) is 59.9 Å². The van der Waals surface area contributed by atoms with Crippen LogP contribution in [-0.4, -0.2) is 26.0 Å². The molecule has 0 aromatic carbocycles. The Bertz CT molecular complexity index is 636. The highest BCUT2D eigenvalue weighted by Gasteiger charge is 2.29. The first-order chi connectivity index (χ1) is 10.3. The summed E-state index contributed by atoms with van der Waals surface area (Å²) in [4.78, 5) is 24.5. The molecule has 0 unspecified atom stereocenters. The fourth-order valence-corrected chi connectivity index (χ4v) is 2.07. The van der Waals surface area contributed by atoms with Gasteiger partial charge in [0.1, 0.15) is 6.33 Å². The largest absolute Gasteiger partial charge is 0.344 e. The summed E-state index contributed by atoms with van der Waals surface area (Å²) in [6.45, 7) is 2.29. The second-order valence-corrected chi connectivity index (χ2v) is 5.14. The molecule has 2 aromatic rings. The predicted octanol–water partition coefficient (Wildman–Crippen LogP) is 1.62. The first-order valence-electron chi connectivity index (χ1n) is 7.17. The summed E-state index contributed by atoms with van der Waals surface area (Å²) < 4.78 is 5.15. The maximum Gasteiger partial charge on any atom is 0.255 e. The van der Waals surface area contributed by atoms with Crippen LogP contribution in [0.25, 0.3) is 0 Å². The van der Waals surface area contributed by atoms with Gasteiger partial charge in [-0.1, -0.05) is 18.5 Å². The molecule has 0 aliphatic heterocycles. The molecular weight excluding hydrogens is 270 g/mol. The highest BCUT2D eigenvalue weighted by Crippen LogP contribution is 2.38. The van der Waals surface area contributed by atoms with Crippen LogP contribution in [0.4, 0.5) is 0 Å². The Kier molecular flexibility index (Phi) is 3.89. The lowest BCUT2D eigenvalue weighted by Gasteiger charge is -2.06. The van der Waals surface area contributed by atoms with Crippen LogP contribution in [-0.2, 0) is 13.0 Å². The van der Waals surface area contributed by atoms with Crippen molar-refractivity contribution >= 4 is 5.91 Å². The van der Waals surface area contributed by atoms with Gasteiger partial charge >= 0.3 is 0 Å². The van der Waals surface area contributed by atoms with Crippen molar-refractivity contribution in [2.75, 3.05) is 0 Å². The van der Waals surface area contributed by atoms with E-state index in [2.05, 4.69) is 25.4 Å². The Morgan fingerprint density at radius 1 is 1.48 bits per heavy atom. The van der Waals surface area contributed by atoms with Gasteiger partial charge in [0.15, 0.2) is 5.82 Å². The van der Waals surface area contributed by atoms with Gasteiger partial charge in [0.05, 0.1) is 17.8 Å². The number of hydrogen-bond donors (Lipinski definition) is 1. The van der Waals surface area contributed by atoms with Crippen LogP contribution >= 0.6 is 0 Å². The van der Waals surface area contributed by atoms with Gasteiger partial charge in [-0.05, 0) is 19.3 Å². The molecule has 1 aliphatic carbocycles. The molecule has 0 spiro atoms. The van der Waals surface area contributed by atoms with Crippen molar-refractivity contribution < 1.29 is 9.32 Å². The molecule has 0 saturated heterocycles. The zero-order valence-electron chi connectivity index (χ0n) is 11.9. The van der Waals surface area contributed by atoms with E-state index in [1.165, 1.54) is 6.33 Å². The van der Waals surface area contributed by atoms with Crippen molar-refractivity contribution in [1.82, 2.24) is 25.4 Å². The highest BCUT2D eigenvalue weighted by atomic mass is 16.5. The Hall–Kier alpha value is -2.31. The zero-order valence-corrected chi connectivity index (χ0v) is 11.9. The minimum absolute atomic E-state index is 0.211. The number of aromatic nitrogens is 4. The lowest BCUT2D eigenvalue weighted by molar-refractivity contribution is 0.0947. The second-order valence-electron chi connectivity index (χ2n) is 5.14. The Morgan fingerprint density at radius 3 is 3.10 bits per heavy atom. The number of carbonyl (C=O) groups excluding carboxylic acids is 1. The van der Waals surface area contributed by atoms with Crippen molar-refractivity contribution in [3.8, 4) is 0 Å². The van der Waals surface area contributed by atoms with E-state index in [4.69, 9.17) is 4.52 Å². The predicted molar refractivity (Wildman–Crippen MR) is 73.5 cm³/mol. The van der Waals surface area contributed by atoms with Crippen LogP contribution in [0.3, 0.4) is 0 Å². The van der Waals surface area contributed by atoms with E-state index in [1.54, 1.807) is 6.20 Å². The van der Waals surface area contributed by atoms with Gasteiger partial charge in [0.25, 0.3) is 5.91 Å². The molecule has 2 aromatic heterocycles. The molecule has 21 heavy (non-hydrogen) atoms. The first kappa shape index (κ1) is 13.7. The quantitative estimate of drug-likeness (QED) is 0.867. The summed E-state index contributed by atoms with van der Waals surface area (Å²) in [6, 6.07) is 0. The highest BCUT2D eigenvalue weighted by molar-refractivity contribution is 5.94. The fraction of sp³-hybridized carbons (Fsp3) is 0.500. The SMILES string of the molecule is CCCc1ncncc1C(=O)NCc1noc(C2CC2)n1. The van der Waals surface area contributed by atoms with Crippen molar-refractivity contribution in [2.45, 2.75) is 45.1 Å². The summed E-state index contributed by atoms with van der Waals surface area (Å²) in [7, 11) is 0. The van der Waals surface area contributed by atoms with Crippen LogP contribution < -0.4 is 5.32 Å². The summed E-state index contributed by atoms with van der Waals surface area (Å²) in [6.07, 6.45) is 6.89. The maximum atomic E-state index is 12.2. The van der Waals surface area contributed by atoms with E-state index >= 15 is 0 Å².